The zero-order valence-electron chi connectivity index (χ0n) is 10.9. The van der Waals surface area contributed by atoms with Gasteiger partial charge in [0.25, 0.3) is 0 Å². The molecule has 2 rings (SSSR count). The zero-order valence-corrected chi connectivity index (χ0v) is 10.9. The molecule has 0 amide bonds. The van der Waals surface area contributed by atoms with Crippen LogP contribution >= 0.6 is 0 Å². The molecule has 0 spiro atoms. The predicted octanol–water partition coefficient (Wildman–Crippen LogP) is 2.11. The van der Waals surface area contributed by atoms with Gasteiger partial charge in [-0.25, -0.2) is 4.39 Å². The van der Waals surface area contributed by atoms with Crippen molar-refractivity contribution in [1.82, 2.24) is 5.32 Å². The number of rotatable bonds is 4. The quantitative estimate of drug-likeness (QED) is 0.891. The smallest absolute Gasteiger partial charge is 0.123 e. The standard InChI is InChI=1S/C14H20FNO2/c1-14(2)10-16-7-13(18-14)9-17-8-11-4-3-5-12(15)6-11/h3-6,13,16H,7-10H2,1-2H3. The molecule has 0 aromatic heterocycles. The first kappa shape index (κ1) is 13.5. The van der Waals surface area contributed by atoms with E-state index in [0.29, 0.717) is 13.2 Å². The Morgan fingerprint density at radius 3 is 3.06 bits per heavy atom. The summed E-state index contributed by atoms with van der Waals surface area (Å²) < 4.78 is 24.4. The third-order valence-corrected chi connectivity index (χ3v) is 2.87. The topological polar surface area (TPSA) is 30.5 Å². The lowest BCUT2D eigenvalue weighted by Crippen LogP contribution is -2.51. The van der Waals surface area contributed by atoms with E-state index < -0.39 is 0 Å². The maximum absolute atomic E-state index is 13.0. The number of hydrogen-bond donors (Lipinski definition) is 1. The first-order chi connectivity index (χ1) is 8.55. The van der Waals surface area contributed by atoms with Gasteiger partial charge < -0.3 is 14.8 Å². The molecular formula is C14H20FNO2. The lowest BCUT2D eigenvalue weighted by atomic mass is 10.1. The molecule has 0 saturated carbocycles. The molecule has 1 aromatic rings. The van der Waals surface area contributed by atoms with Crippen LogP contribution in [0.5, 0.6) is 0 Å². The maximum Gasteiger partial charge on any atom is 0.123 e. The largest absolute Gasteiger partial charge is 0.374 e. The van der Waals surface area contributed by atoms with E-state index in [2.05, 4.69) is 19.2 Å². The van der Waals surface area contributed by atoms with E-state index in [1.807, 2.05) is 6.07 Å². The van der Waals surface area contributed by atoms with E-state index in [-0.39, 0.29) is 17.5 Å². The molecule has 0 bridgehead atoms. The van der Waals surface area contributed by atoms with Gasteiger partial charge in [0.05, 0.1) is 24.9 Å². The molecule has 0 radical (unpaired) electrons. The van der Waals surface area contributed by atoms with Crippen LogP contribution in [0.4, 0.5) is 4.39 Å². The van der Waals surface area contributed by atoms with Gasteiger partial charge in [-0.05, 0) is 31.5 Å². The highest BCUT2D eigenvalue weighted by molar-refractivity contribution is 5.15. The summed E-state index contributed by atoms with van der Waals surface area (Å²) in [4.78, 5) is 0. The van der Waals surface area contributed by atoms with Crippen molar-refractivity contribution in [2.75, 3.05) is 19.7 Å². The van der Waals surface area contributed by atoms with Gasteiger partial charge >= 0.3 is 0 Å². The summed E-state index contributed by atoms with van der Waals surface area (Å²) in [6, 6.07) is 6.47. The number of hydrogen-bond acceptors (Lipinski definition) is 3. The second-order valence-corrected chi connectivity index (χ2v) is 5.28. The van der Waals surface area contributed by atoms with Crippen molar-refractivity contribution in [2.45, 2.75) is 32.2 Å². The fourth-order valence-electron chi connectivity index (χ4n) is 2.10. The van der Waals surface area contributed by atoms with Gasteiger partial charge in [-0.15, -0.1) is 0 Å². The Morgan fingerprint density at radius 2 is 2.33 bits per heavy atom. The molecule has 0 aliphatic carbocycles. The van der Waals surface area contributed by atoms with Crippen LogP contribution in [0.25, 0.3) is 0 Å². The van der Waals surface area contributed by atoms with E-state index in [1.165, 1.54) is 12.1 Å². The molecule has 1 saturated heterocycles. The van der Waals surface area contributed by atoms with Gasteiger partial charge in [0.15, 0.2) is 0 Å². The van der Waals surface area contributed by atoms with Crippen molar-refractivity contribution in [3.05, 3.63) is 35.6 Å². The first-order valence-electron chi connectivity index (χ1n) is 6.26. The van der Waals surface area contributed by atoms with Crippen molar-refractivity contribution in [3.63, 3.8) is 0 Å². The Balaban J connectivity index is 1.75. The highest BCUT2D eigenvalue weighted by atomic mass is 19.1. The second kappa shape index (κ2) is 5.78. The molecule has 4 heteroatoms. The number of ether oxygens (including phenoxy) is 2. The number of halogens is 1. The lowest BCUT2D eigenvalue weighted by molar-refractivity contribution is -0.122. The zero-order chi connectivity index (χ0) is 13.0. The van der Waals surface area contributed by atoms with Crippen LogP contribution < -0.4 is 5.32 Å². The molecule has 1 unspecified atom stereocenters. The van der Waals surface area contributed by atoms with Gasteiger partial charge in [0.2, 0.25) is 0 Å². The number of morpholine rings is 1. The highest BCUT2D eigenvalue weighted by Crippen LogP contribution is 2.15. The Hall–Kier alpha value is -0.970. The Morgan fingerprint density at radius 1 is 1.50 bits per heavy atom. The Labute approximate surface area is 107 Å². The minimum atomic E-state index is -0.229. The minimum absolute atomic E-state index is 0.0577. The highest BCUT2D eigenvalue weighted by Gasteiger charge is 2.28. The normalized spacial score (nSPS) is 22.9. The van der Waals surface area contributed by atoms with Crippen molar-refractivity contribution in [3.8, 4) is 0 Å². The summed E-state index contributed by atoms with van der Waals surface area (Å²) in [6.07, 6.45) is 0.0577. The van der Waals surface area contributed by atoms with Crippen LogP contribution in [-0.2, 0) is 16.1 Å². The average Bonchev–Trinajstić information content (AvgIpc) is 2.28. The van der Waals surface area contributed by atoms with Crippen molar-refractivity contribution in [1.29, 1.82) is 0 Å². The molecule has 1 aliphatic rings. The lowest BCUT2D eigenvalue weighted by Gasteiger charge is -2.36. The van der Waals surface area contributed by atoms with Crippen molar-refractivity contribution in [2.24, 2.45) is 0 Å². The molecule has 1 heterocycles. The number of nitrogens with one attached hydrogen (secondary N) is 1. The minimum Gasteiger partial charge on any atom is -0.374 e. The van der Waals surface area contributed by atoms with Crippen LogP contribution in [0.3, 0.4) is 0 Å². The molecule has 1 N–H and O–H groups in total. The van der Waals surface area contributed by atoms with Crippen LogP contribution in [0.15, 0.2) is 24.3 Å². The average molecular weight is 253 g/mol. The van der Waals surface area contributed by atoms with Crippen LogP contribution in [0.2, 0.25) is 0 Å². The molecule has 1 atom stereocenters. The fraction of sp³-hybridized carbons (Fsp3) is 0.571. The monoisotopic (exact) mass is 253 g/mol. The summed E-state index contributed by atoms with van der Waals surface area (Å²) in [5.41, 5.74) is 0.698. The molecule has 1 fully saturated rings. The predicted molar refractivity (Wildman–Crippen MR) is 67.9 cm³/mol. The molecular weight excluding hydrogens is 233 g/mol. The van der Waals surface area contributed by atoms with Crippen molar-refractivity contribution >= 4 is 0 Å². The number of benzene rings is 1. The molecule has 100 valence electrons. The summed E-state index contributed by atoms with van der Waals surface area (Å²) in [5, 5.41) is 3.32. The Bertz CT molecular complexity index is 395. The van der Waals surface area contributed by atoms with E-state index in [0.717, 1.165) is 18.7 Å². The maximum atomic E-state index is 13.0. The summed E-state index contributed by atoms with van der Waals surface area (Å²) in [6.45, 7) is 6.70. The molecule has 3 nitrogen and oxygen atoms in total. The van der Waals surface area contributed by atoms with Crippen molar-refractivity contribution < 1.29 is 13.9 Å². The van der Waals surface area contributed by atoms with Crippen LogP contribution in [0, 0.1) is 5.82 Å². The summed E-state index contributed by atoms with van der Waals surface area (Å²) in [5.74, 6) is -0.229. The van der Waals surface area contributed by atoms with E-state index in [9.17, 15) is 4.39 Å². The van der Waals surface area contributed by atoms with Crippen LogP contribution in [0.1, 0.15) is 19.4 Å². The van der Waals surface area contributed by atoms with Gasteiger partial charge in [-0.3, -0.25) is 0 Å². The summed E-state index contributed by atoms with van der Waals surface area (Å²) in [7, 11) is 0. The third-order valence-electron chi connectivity index (χ3n) is 2.87. The second-order valence-electron chi connectivity index (χ2n) is 5.28. The van der Waals surface area contributed by atoms with Crippen LogP contribution in [-0.4, -0.2) is 31.4 Å². The third kappa shape index (κ3) is 4.05. The van der Waals surface area contributed by atoms with E-state index in [1.54, 1.807) is 6.07 Å². The molecule has 1 aromatic carbocycles. The Kier molecular flexibility index (Phi) is 4.32. The van der Waals surface area contributed by atoms with Gasteiger partial charge in [0, 0.05) is 13.1 Å². The first-order valence-corrected chi connectivity index (χ1v) is 6.26. The molecule has 1 aliphatic heterocycles. The van der Waals surface area contributed by atoms with Gasteiger partial charge in [-0.2, -0.15) is 0 Å². The van der Waals surface area contributed by atoms with E-state index in [4.69, 9.17) is 9.47 Å². The van der Waals surface area contributed by atoms with Gasteiger partial charge in [-0.1, -0.05) is 12.1 Å². The summed E-state index contributed by atoms with van der Waals surface area (Å²) >= 11 is 0. The fourth-order valence-corrected chi connectivity index (χ4v) is 2.10. The molecule has 18 heavy (non-hydrogen) atoms. The van der Waals surface area contributed by atoms with Gasteiger partial charge in [0.1, 0.15) is 5.82 Å². The van der Waals surface area contributed by atoms with E-state index >= 15 is 0 Å². The SMILES string of the molecule is CC1(C)CNCC(COCc2cccc(F)c2)O1.